The van der Waals surface area contributed by atoms with E-state index in [1.54, 1.807) is 0 Å². The fourth-order valence-corrected chi connectivity index (χ4v) is 8.30. The van der Waals surface area contributed by atoms with E-state index >= 15 is 0 Å². The molecule has 0 aromatic rings. The van der Waals surface area contributed by atoms with Gasteiger partial charge in [-0.3, -0.25) is 14.2 Å². The molecule has 0 aromatic carbocycles. The molecule has 0 aliphatic rings. The van der Waals surface area contributed by atoms with Crippen LogP contribution in [-0.2, 0) is 32.7 Å². The molecule has 372 valence electrons. The molecular formula is C53H102NO8P. The Kier molecular flexibility index (Phi) is 44.5. The number of hydrogen-bond acceptors (Lipinski definition) is 8. The van der Waals surface area contributed by atoms with Crippen molar-refractivity contribution in [1.29, 1.82) is 0 Å². The minimum absolute atomic E-state index is 0.0278. The molecule has 0 saturated heterocycles. The van der Waals surface area contributed by atoms with Gasteiger partial charge in [0.15, 0.2) is 6.10 Å². The Morgan fingerprint density at radius 1 is 0.492 bits per heavy atom. The predicted molar refractivity (Wildman–Crippen MR) is 264 cm³/mol. The van der Waals surface area contributed by atoms with Gasteiger partial charge in [0.2, 0.25) is 0 Å². The van der Waals surface area contributed by atoms with Gasteiger partial charge >= 0.3 is 11.9 Å². The van der Waals surface area contributed by atoms with Gasteiger partial charge in [-0.25, -0.2) is 0 Å². The number of phosphoric ester groups is 1. The SMILES string of the molecule is CCCCCCC/C=C\C/C=C\CCCCCCCCCCCCCCCCCCCCCCCC(=O)OC(COC(=O)CCCCCCCC)COP(=O)([O-])OCC[N+](C)(C)C. The summed E-state index contributed by atoms with van der Waals surface area (Å²) in [7, 11) is 1.18. The van der Waals surface area contributed by atoms with Crippen molar-refractivity contribution >= 4 is 19.8 Å². The number of ether oxygens (including phenoxy) is 2. The van der Waals surface area contributed by atoms with Crippen molar-refractivity contribution in [2.45, 2.75) is 258 Å². The maximum Gasteiger partial charge on any atom is 0.306 e. The minimum atomic E-state index is -4.61. The zero-order valence-electron chi connectivity index (χ0n) is 42.0. The van der Waals surface area contributed by atoms with Crippen LogP contribution in [0.25, 0.3) is 0 Å². The van der Waals surface area contributed by atoms with Crippen LogP contribution >= 0.6 is 7.82 Å². The van der Waals surface area contributed by atoms with Crippen molar-refractivity contribution < 1.29 is 42.1 Å². The summed E-state index contributed by atoms with van der Waals surface area (Å²) in [6, 6.07) is 0. The lowest BCUT2D eigenvalue weighted by Crippen LogP contribution is -2.37. The number of rotatable bonds is 49. The maximum absolute atomic E-state index is 12.7. The number of nitrogens with zero attached hydrogens (tertiary/aromatic N) is 1. The number of quaternary nitrogens is 1. The molecule has 0 aromatic heterocycles. The van der Waals surface area contributed by atoms with Crippen LogP contribution < -0.4 is 4.89 Å². The molecule has 9 nitrogen and oxygen atoms in total. The van der Waals surface area contributed by atoms with Crippen LogP contribution in [-0.4, -0.2) is 70.0 Å². The molecule has 2 unspecified atom stereocenters. The molecule has 0 N–H and O–H groups in total. The Bertz CT molecular complexity index is 1120. The van der Waals surface area contributed by atoms with Crippen LogP contribution in [0.15, 0.2) is 24.3 Å². The second kappa shape index (κ2) is 45.6. The molecule has 63 heavy (non-hydrogen) atoms. The van der Waals surface area contributed by atoms with Crippen LogP contribution in [0, 0.1) is 0 Å². The maximum atomic E-state index is 12.7. The van der Waals surface area contributed by atoms with Crippen LogP contribution in [0.2, 0.25) is 0 Å². The number of carbonyl (C=O) groups is 2. The second-order valence-electron chi connectivity index (χ2n) is 19.2. The van der Waals surface area contributed by atoms with E-state index in [0.29, 0.717) is 17.4 Å². The van der Waals surface area contributed by atoms with E-state index in [1.807, 2.05) is 21.1 Å². The Balaban J connectivity index is 3.85. The fourth-order valence-electron chi connectivity index (χ4n) is 7.57. The van der Waals surface area contributed by atoms with E-state index in [9.17, 15) is 19.0 Å². The van der Waals surface area contributed by atoms with E-state index in [4.69, 9.17) is 18.5 Å². The molecule has 0 rings (SSSR count). The molecule has 2 atom stereocenters. The molecule has 0 fully saturated rings. The average Bonchev–Trinajstić information content (AvgIpc) is 3.24. The molecule has 0 bridgehead atoms. The molecule has 0 aliphatic carbocycles. The first-order valence-corrected chi connectivity index (χ1v) is 28.0. The van der Waals surface area contributed by atoms with Crippen molar-refractivity contribution in [1.82, 2.24) is 0 Å². The lowest BCUT2D eigenvalue weighted by Gasteiger charge is -2.28. The third-order valence-electron chi connectivity index (χ3n) is 11.7. The summed E-state index contributed by atoms with van der Waals surface area (Å²) in [5.74, 6) is -0.833. The largest absolute Gasteiger partial charge is 0.756 e. The van der Waals surface area contributed by atoms with Gasteiger partial charge in [-0.15, -0.1) is 0 Å². The van der Waals surface area contributed by atoms with Crippen LogP contribution in [0.1, 0.15) is 251 Å². The number of likely N-dealkylation sites (N-methyl/N-ethyl adjacent to an activating group) is 1. The summed E-state index contributed by atoms with van der Waals surface area (Å²) in [4.78, 5) is 37.4. The predicted octanol–water partition coefficient (Wildman–Crippen LogP) is 15.2. The first-order valence-electron chi connectivity index (χ1n) is 26.5. The van der Waals surface area contributed by atoms with E-state index in [2.05, 4.69) is 38.2 Å². The van der Waals surface area contributed by atoms with Gasteiger partial charge in [0.1, 0.15) is 19.8 Å². The van der Waals surface area contributed by atoms with E-state index in [1.165, 1.54) is 173 Å². The van der Waals surface area contributed by atoms with Gasteiger partial charge in [-0.2, -0.15) is 0 Å². The summed E-state index contributed by atoms with van der Waals surface area (Å²) in [5.41, 5.74) is 0. The van der Waals surface area contributed by atoms with Crippen molar-refractivity contribution in [3.8, 4) is 0 Å². The standard InChI is InChI=1S/C53H102NO8P/c1-6-8-10-12-14-15-16-17-18-19-20-21-22-23-24-25-26-27-28-29-30-31-32-33-34-35-36-37-38-39-40-42-44-46-53(56)62-51(49-59-52(55)45-43-41-13-11-9-7-2)50-61-63(57,58)60-48-47-54(3,4)5/h16-17,19-20,51H,6-15,18,21-50H2,1-5H3/b17-16-,20-19-. The smallest absolute Gasteiger partial charge is 0.306 e. The Morgan fingerprint density at radius 3 is 1.25 bits per heavy atom. The Morgan fingerprint density at radius 2 is 0.857 bits per heavy atom. The molecule has 0 radical (unpaired) electrons. The van der Waals surface area contributed by atoms with Gasteiger partial charge < -0.3 is 27.9 Å². The van der Waals surface area contributed by atoms with Gasteiger partial charge in [-0.1, -0.05) is 218 Å². The summed E-state index contributed by atoms with van der Waals surface area (Å²) in [6.45, 7) is 4.17. The number of unbranched alkanes of at least 4 members (excludes halogenated alkanes) is 31. The topological polar surface area (TPSA) is 111 Å². The van der Waals surface area contributed by atoms with Crippen LogP contribution in [0.5, 0.6) is 0 Å². The van der Waals surface area contributed by atoms with E-state index < -0.39 is 26.5 Å². The van der Waals surface area contributed by atoms with Crippen LogP contribution in [0.4, 0.5) is 0 Å². The first-order chi connectivity index (χ1) is 30.5. The third-order valence-corrected chi connectivity index (χ3v) is 12.7. The number of phosphoric acid groups is 1. The highest BCUT2D eigenvalue weighted by molar-refractivity contribution is 7.45. The fraction of sp³-hybridized carbons (Fsp3) is 0.887. The highest BCUT2D eigenvalue weighted by atomic mass is 31.2. The summed E-state index contributed by atoms with van der Waals surface area (Å²) >= 11 is 0. The molecule has 0 spiro atoms. The van der Waals surface area contributed by atoms with Gasteiger partial charge in [0.05, 0.1) is 27.7 Å². The molecule has 10 heteroatoms. The number of allylic oxidation sites excluding steroid dienone is 4. The van der Waals surface area contributed by atoms with Gasteiger partial charge in [0, 0.05) is 12.8 Å². The zero-order valence-corrected chi connectivity index (χ0v) is 42.9. The van der Waals surface area contributed by atoms with E-state index in [0.717, 1.165) is 44.9 Å². The third kappa shape index (κ3) is 49.8. The van der Waals surface area contributed by atoms with Crippen molar-refractivity contribution in [3.05, 3.63) is 24.3 Å². The lowest BCUT2D eigenvalue weighted by molar-refractivity contribution is -0.870. The highest BCUT2D eigenvalue weighted by Crippen LogP contribution is 2.38. The number of esters is 2. The van der Waals surface area contributed by atoms with Crippen molar-refractivity contribution in [2.24, 2.45) is 0 Å². The van der Waals surface area contributed by atoms with Crippen molar-refractivity contribution in [2.75, 3.05) is 47.5 Å². The van der Waals surface area contributed by atoms with E-state index in [-0.39, 0.29) is 32.0 Å². The summed E-state index contributed by atoms with van der Waals surface area (Å²) in [5, 5.41) is 0. The zero-order chi connectivity index (χ0) is 46.4. The molecular weight excluding hydrogens is 810 g/mol. The first kappa shape index (κ1) is 61.5. The molecule has 0 amide bonds. The average molecular weight is 912 g/mol. The second-order valence-corrected chi connectivity index (χ2v) is 20.7. The minimum Gasteiger partial charge on any atom is -0.756 e. The monoisotopic (exact) mass is 912 g/mol. The lowest BCUT2D eigenvalue weighted by atomic mass is 10.0. The van der Waals surface area contributed by atoms with Crippen LogP contribution in [0.3, 0.4) is 0 Å². The van der Waals surface area contributed by atoms with Gasteiger partial charge in [0.25, 0.3) is 7.82 Å². The summed E-state index contributed by atoms with van der Waals surface area (Å²) < 4.78 is 33.8. The Hall–Kier alpha value is -1.51. The molecule has 0 aliphatic heterocycles. The highest BCUT2D eigenvalue weighted by Gasteiger charge is 2.21. The van der Waals surface area contributed by atoms with Crippen molar-refractivity contribution in [3.63, 3.8) is 0 Å². The summed E-state index contributed by atoms with van der Waals surface area (Å²) in [6.07, 6.45) is 52.8. The molecule has 0 saturated carbocycles. The molecule has 0 heterocycles. The quantitative estimate of drug-likeness (QED) is 0.0195. The number of hydrogen-bond donors (Lipinski definition) is 0. The Labute approximate surface area is 389 Å². The normalized spacial score (nSPS) is 13.6. The van der Waals surface area contributed by atoms with Gasteiger partial charge in [-0.05, 0) is 44.9 Å². The number of carbonyl (C=O) groups excluding carboxylic acids is 2.